The lowest BCUT2D eigenvalue weighted by atomic mass is 9.98. The van der Waals surface area contributed by atoms with Crippen molar-refractivity contribution in [2.45, 2.75) is 38.7 Å². The molecular weight excluding hydrogens is 379 g/mol. The van der Waals surface area contributed by atoms with E-state index < -0.39 is 5.60 Å². The molecule has 2 rings (SSSR count). The molecule has 1 aromatic carbocycles. The van der Waals surface area contributed by atoms with Crippen LogP contribution in [0.3, 0.4) is 0 Å². The van der Waals surface area contributed by atoms with Gasteiger partial charge >= 0.3 is 0 Å². The summed E-state index contributed by atoms with van der Waals surface area (Å²) in [7, 11) is 0. The molecule has 21 heavy (non-hydrogen) atoms. The minimum atomic E-state index is -0.585. The summed E-state index contributed by atoms with van der Waals surface area (Å²) in [5, 5.41) is 13.1. The Morgan fingerprint density at radius 3 is 2.90 bits per heavy atom. The maximum Gasteiger partial charge on any atom is 0.238 e. The van der Waals surface area contributed by atoms with Gasteiger partial charge in [0.05, 0.1) is 12.1 Å². The standard InChI is InChI=1S/C16H23IN2O2/c1-12-10-13(17)4-5-14(12)18-15(20)11-19-8-3-6-16(2,21)7-9-19/h4-5,10,21H,3,6-9,11H2,1-2H3,(H,18,20). The van der Waals surface area contributed by atoms with Crippen molar-refractivity contribution in [3.63, 3.8) is 0 Å². The van der Waals surface area contributed by atoms with E-state index in [0.717, 1.165) is 47.2 Å². The quantitative estimate of drug-likeness (QED) is 0.765. The number of nitrogens with zero attached hydrogens (tertiary/aromatic N) is 1. The molecule has 0 aliphatic carbocycles. The predicted molar refractivity (Wildman–Crippen MR) is 93.4 cm³/mol. The lowest BCUT2D eigenvalue weighted by molar-refractivity contribution is -0.117. The molecule has 1 saturated heterocycles. The van der Waals surface area contributed by atoms with Crippen molar-refractivity contribution in [1.29, 1.82) is 0 Å². The Hall–Kier alpha value is -0.660. The van der Waals surface area contributed by atoms with Gasteiger partial charge in [-0.25, -0.2) is 0 Å². The van der Waals surface area contributed by atoms with Crippen LogP contribution >= 0.6 is 22.6 Å². The number of likely N-dealkylation sites (tertiary alicyclic amines) is 1. The summed E-state index contributed by atoms with van der Waals surface area (Å²) in [5.41, 5.74) is 1.37. The highest BCUT2D eigenvalue weighted by Crippen LogP contribution is 2.21. The molecular formula is C16H23IN2O2. The minimum Gasteiger partial charge on any atom is -0.390 e. The Balaban J connectivity index is 1.89. The average molecular weight is 402 g/mol. The van der Waals surface area contributed by atoms with Crippen molar-refractivity contribution in [1.82, 2.24) is 4.90 Å². The third kappa shape index (κ3) is 5.23. The highest BCUT2D eigenvalue weighted by Gasteiger charge is 2.25. The fourth-order valence-corrected chi connectivity index (χ4v) is 3.28. The molecule has 1 unspecified atom stereocenters. The number of hydrogen-bond acceptors (Lipinski definition) is 3. The number of carbonyl (C=O) groups is 1. The third-order valence-corrected chi connectivity index (χ3v) is 4.66. The molecule has 0 saturated carbocycles. The molecule has 1 heterocycles. The molecule has 0 bridgehead atoms. The van der Waals surface area contributed by atoms with E-state index in [1.54, 1.807) is 0 Å². The third-order valence-electron chi connectivity index (χ3n) is 3.99. The molecule has 1 aliphatic heterocycles. The first-order valence-electron chi connectivity index (χ1n) is 7.36. The van der Waals surface area contributed by atoms with Crippen molar-refractivity contribution in [2.24, 2.45) is 0 Å². The highest BCUT2D eigenvalue weighted by atomic mass is 127. The number of aliphatic hydroxyl groups is 1. The first-order valence-corrected chi connectivity index (χ1v) is 8.44. The largest absolute Gasteiger partial charge is 0.390 e. The Morgan fingerprint density at radius 2 is 2.19 bits per heavy atom. The molecule has 2 N–H and O–H groups in total. The summed E-state index contributed by atoms with van der Waals surface area (Å²) in [6.45, 7) is 5.91. The molecule has 4 nitrogen and oxygen atoms in total. The van der Waals surface area contributed by atoms with E-state index in [-0.39, 0.29) is 5.91 Å². The Labute approximate surface area is 140 Å². The predicted octanol–water partition coefficient (Wildman–Crippen LogP) is 2.78. The van der Waals surface area contributed by atoms with Crippen LogP contribution in [0.25, 0.3) is 0 Å². The van der Waals surface area contributed by atoms with Gasteiger partial charge in [-0.15, -0.1) is 0 Å². The van der Waals surface area contributed by atoms with E-state index in [0.29, 0.717) is 6.54 Å². The molecule has 1 aromatic rings. The zero-order valence-corrected chi connectivity index (χ0v) is 14.8. The minimum absolute atomic E-state index is 0.0147. The Bertz CT molecular complexity index is 517. The maximum atomic E-state index is 12.2. The van der Waals surface area contributed by atoms with E-state index in [9.17, 15) is 9.90 Å². The summed E-state index contributed by atoms with van der Waals surface area (Å²) in [6, 6.07) is 5.99. The van der Waals surface area contributed by atoms with E-state index in [1.807, 2.05) is 26.0 Å². The lowest BCUT2D eigenvalue weighted by Gasteiger charge is -2.22. The van der Waals surface area contributed by atoms with Crippen LogP contribution in [0.1, 0.15) is 31.7 Å². The zero-order valence-electron chi connectivity index (χ0n) is 12.7. The van der Waals surface area contributed by atoms with Crippen LogP contribution in [0, 0.1) is 10.5 Å². The first-order chi connectivity index (χ1) is 9.85. The number of anilines is 1. The fourth-order valence-electron chi connectivity index (χ4n) is 2.64. The topological polar surface area (TPSA) is 52.6 Å². The van der Waals surface area contributed by atoms with Crippen LogP contribution in [0.5, 0.6) is 0 Å². The van der Waals surface area contributed by atoms with Crippen LogP contribution < -0.4 is 5.32 Å². The van der Waals surface area contributed by atoms with Crippen molar-refractivity contribution in [2.75, 3.05) is 25.0 Å². The summed E-state index contributed by atoms with van der Waals surface area (Å²) < 4.78 is 1.16. The van der Waals surface area contributed by atoms with E-state index >= 15 is 0 Å². The smallest absolute Gasteiger partial charge is 0.238 e. The monoisotopic (exact) mass is 402 g/mol. The van der Waals surface area contributed by atoms with Crippen molar-refractivity contribution in [3.05, 3.63) is 27.3 Å². The van der Waals surface area contributed by atoms with E-state index in [2.05, 4.69) is 38.9 Å². The summed E-state index contributed by atoms with van der Waals surface area (Å²) in [4.78, 5) is 14.3. The lowest BCUT2D eigenvalue weighted by Crippen LogP contribution is -2.35. The normalized spacial score (nSPS) is 23.6. The number of hydrogen-bond donors (Lipinski definition) is 2. The average Bonchev–Trinajstić information content (AvgIpc) is 2.54. The van der Waals surface area contributed by atoms with Crippen LogP contribution in [0.4, 0.5) is 5.69 Å². The maximum absolute atomic E-state index is 12.2. The number of halogens is 1. The number of rotatable bonds is 3. The van der Waals surface area contributed by atoms with Gasteiger partial charge in [0.2, 0.25) is 5.91 Å². The molecule has 1 atom stereocenters. The SMILES string of the molecule is Cc1cc(I)ccc1NC(=O)CN1CCCC(C)(O)CC1. The second-order valence-corrected chi connectivity index (χ2v) is 7.38. The first kappa shape index (κ1) is 16.7. The van der Waals surface area contributed by atoms with Crippen LogP contribution in [-0.2, 0) is 4.79 Å². The zero-order chi connectivity index (χ0) is 15.5. The van der Waals surface area contributed by atoms with Gasteiger partial charge in [0.25, 0.3) is 0 Å². The van der Waals surface area contributed by atoms with Gasteiger partial charge in [-0.1, -0.05) is 0 Å². The number of carbonyl (C=O) groups excluding carboxylic acids is 1. The second kappa shape index (κ2) is 7.07. The van der Waals surface area contributed by atoms with E-state index in [1.165, 1.54) is 0 Å². The number of aryl methyl sites for hydroxylation is 1. The summed E-state index contributed by atoms with van der Waals surface area (Å²) in [5.74, 6) is 0.0147. The van der Waals surface area contributed by atoms with Gasteiger partial charge in [-0.05, 0) is 86.0 Å². The molecule has 5 heteroatoms. The van der Waals surface area contributed by atoms with E-state index in [4.69, 9.17) is 0 Å². The summed E-state index contributed by atoms with van der Waals surface area (Å²) in [6.07, 6.45) is 2.47. The molecule has 116 valence electrons. The van der Waals surface area contributed by atoms with Gasteiger partial charge in [0.15, 0.2) is 0 Å². The highest BCUT2D eigenvalue weighted by molar-refractivity contribution is 14.1. The van der Waals surface area contributed by atoms with Crippen molar-refractivity contribution >= 4 is 34.2 Å². The Kier molecular flexibility index (Phi) is 5.62. The summed E-state index contributed by atoms with van der Waals surface area (Å²) >= 11 is 2.26. The van der Waals surface area contributed by atoms with Crippen LogP contribution in [0.2, 0.25) is 0 Å². The van der Waals surface area contributed by atoms with Gasteiger partial charge in [-0.3, -0.25) is 9.69 Å². The van der Waals surface area contributed by atoms with Crippen LogP contribution in [0.15, 0.2) is 18.2 Å². The van der Waals surface area contributed by atoms with Crippen molar-refractivity contribution in [3.8, 4) is 0 Å². The van der Waals surface area contributed by atoms with Gasteiger partial charge in [0.1, 0.15) is 0 Å². The van der Waals surface area contributed by atoms with Gasteiger partial charge in [0, 0.05) is 15.8 Å². The number of nitrogens with one attached hydrogen (secondary N) is 1. The molecule has 1 aliphatic rings. The number of benzene rings is 1. The fraction of sp³-hybridized carbons (Fsp3) is 0.562. The second-order valence-electron chi connectivity index (χ2n) is 6.13. The Morgan fingerprint density at radius 1 is 1.43 bits per heavy atom. The molecule has 0 spiro atoms. The molecule has 1 amide bonds. The van der Waals surface area contributed by atoms with Crippen molar-refractivity contribution < 1.29 is 9.90 Å². The molecule has 1 fully saturated rings. The van der Waals surface area contributed by atoms with Gasteiger partial charge in [-0.2, -0.15) is 0 Å². The molecule has 0 aromatic heterocycles. The number of amides is 1. The van der Waals surface area contributed by atoms with Gasteiger partial charge < -0.3 is 10.4 Å². The molecule has 0 radical (unpaired) electrons. The van der Waals surface area contributed by atoms with Crippen LogP contribution in [-0.4, -0.2) is 41.1 Å².